The molecule has 14 heavy (non-hydrogen) atoms. The number of pyridine rings is 1. The van der Waals surface area contributed by atoms with Gasteiger partial charge in [-0.2, -0.15) is 5.10 Å². The van der Waals surface area contributed by atoms with E-state index in [1.165, 1.54) is 0 Å². The fourth-order valence-electron chi connectivity index (χ4n) is 1.24. The van der Waals surface area contributed by atoms with Gasteiger partial charge in [-0.15, -0.1) is 0 Å². The van der Waals surface area contributed by atoms with Crippen molar-refractivity contribution in [2.24, 2.45) is 17.9 Å². The van der Waals surface area contributed by atoms with Gasteiger partial charge >= 0.3 is 0 Å². The Morgan fingerprint density at radius 3 is 3.07 bits per heavy atom. The van der Waals surface area contributed by atoms with Crippen molar-refractivity contribution < 1.29 is 5.21 Å². The maximum Gasteiger partial charge on any atom is 0.171 e. The van der Waals surface area contributed by atoms with Gasteiger partial charge in [0.2, 0.25) is 0 Å². The first-order valence-corrected chi connectivity index (χ1v) is 3.98. The maximum atomic E-state index is 8.48. The molecule has 0 saturated carbocycles. The van der Waals surface area contributed by atoms with Crippen molar-refractivity contribution in [2.75, 3.05) is 0 Å². The third-order valence-corrected chi connectivity index (χ3v) is 1.98. The number of aryl methyl sites for hydroxylation is 1. The Balaban J connectivity index is 2.63. The zero-order valence-corrected chi connectivity index (χ0v) is 7.55. The number of rotatable bonds is 1. The van der Waals surface area contributed by atoms with Crippen LogP contribution in [0.25, 0.3) is 11.0 Å². The predicted octanol–water partition coefficient (Wildman–Crippen LogP) is 0.0628. The molecule has 0 spiro atoms. The lowest BCUT2D eigenvalue weighted by atomic mass is 10.2. The summed E-state index contributed by atoms with van der Waals surface area (Å²) in [5.41, 5.74) is 6.77. The molecule has 0 amide bonds. The number of hydrogen-bond donors (Lipinski definition) is 2. The lowest BCUT2D eigenvalue weighted by molar-refractivity contribution is 0.318. The Hall–Kier alpha value is -2.11. The highest BCUT2D eigenvalue weighted by Crippen LogP contribution is 2.11. The third kappa shape index (κ3) is 1.17. The largest absolute Gasteiger partial charge is 0.409 e. The van der Waals surface area contributed by atoms with Crippen LogP contribution in [0, 0.1) is 0 Å². The van der Waals surface area contributed by atoms with E-state index < -0.39 is 0 Å². The number of fused-ring (bicyclic) bond motifs is 1. The van der Waals surface area contributed by atoms with E-state index in [4.69, 9.17) is 10.9 Å². The minimum atomic E-state index is 0.0447. The van der Waals surface area contributed by atoms with Crippen LogP contribution in [0.1, 0.15) is 5.56 Å². The van der Waals surface area contributed by atoms with Crippen molar-refractivity contribution in [3.05, 3.63) is 24.0 Å². The topological polar surface area (TPSA) is 89.3 Å². The zero-order chi connectivity index (χ0) is 10.1. The van der Waals surface area contributed by atoms with Gasteiger partial charge in [-0.25, -0.2) is 4.98 Å². The summed E-state index contributed by atoms with van der Waals surface area (Å²) in [6.07, 6.45) is 3.22. The quantitative estimate of drug-likeness (QED) is 0.289. The molecule has 0 aliphatic heterocycles. The summed E-state index contributed by atoms with van der Waals surface area (Å²) in [7, 11) is 1.80. The van der Waals surface area contributed by atoms with Crippen LogP contribution < -0.4 is 5.73 Å². The van der Waals surface area contributed by atoms with Gasteiger partial charge in [0.15, 0.2) is 11.5 Å². The second-order valence-corrected chi connectivity index (χ2v) is 2.89. The fraction of sp³-hybridized carbons (Fsp3) is 0.125. The van der Waals surface area contributed by atoms with Crippen LogP contribution in [0.15, 0.2) is 23.6 Å². The number of nitrogens with zero attached hydrogens (tertiary/aromatic N) is 4. The van der Waals surface area contributed by atoms with Crippen LogP contribution in [0.3, 0.4) is 0 Å². The highest BCUT2D eigenvalue weighted by Gasteiger charge is 2.04. The molecule has 2 aromatic heterocycles. The van der Waals surface area contributed by atoms with Crippen LogP contribution in [0.4, 0.5) is 0 Å². The highest BCUT2D eigenvalue weighted by molar-refractivity contribution is 5.99. The fourth-order valence-corrected chi connectivity index (χ4v) is 1.24. The molecule has 0 aromatic carbocycles. The molecular weight excluding hydrogens is 182 g/mol. The summed E-state index contributed by atoms with van der Waals surface area (Å²) in [6.45, 7) is 0. The van der Waals surface area contributed by atoms with E-state index in [1.54, 1.807) is 30.2 Å². The lowest BCUT2D eigenvalue weighted by Gasteiger charge is -1.97. The van der Waals surface area contributed by atoms with Crippen molar-refractivity contribution in [1.82, 2.24) is 14.8 Å². The lowest BCUT2D eigenvalue weighted by Crippen LogP contribution is -2.13. The predicted molar refractivity (Wildman–Crippen MR) is 51.0 cm³/mol. The van der Waals surface area contributed by atoms with E-state index in [9.17, 15) is 0 Å². The van der Waals surface area contributed by atoms with Crippen LogP contribution in [0.5, 0.6) is 0 Å². The summed E-state index contributed by atoms with van der Waals surface area (Å²) in [5, 5.41) is 16.3. The van der Waals surface area contributed by atoms with Crippen molar-refractivity contribution in [2.45, 2.75) is 0 Å². The summed E-state index contributed by atoms with van der Waals surface area (Å²) < 4.78 is 1.66. The Morgan fingerprint density at radius 1 is 1.57 bits per heavy atom. The van der Waals surface area contributed by atoms with E-state index in [0.717, 1.165) is 11.0 Å². The van der Waals surface area contributed by atoms with Gasteiger partial charge in [0, 0.05) is 24.2 Å². The minimum Gasteiger partial charge on any atom is -0.409 e. The van der Waals surface area contributed by atoms with Crippen molar-refractivity contribution in [3.63, 3.8) is 0 Å². The van der Waals surface area contributed by atoms with Gasteiger partial charge in [-0.3, -0.25) is 4.68 Å². The van der Waals surface area contributed by atoms with Crippen molar-refractivity contribution in [3.8, 4) is 0 Å². The maximum absolute atomic E-state index is 8.48. The number of hydrogen-bond acceptors (Lipinski definition) is 4. The minimum absolute atomic E-state index is 0.0447. The Morgan fingerprint density at radius 2 is 2.36 bits per heavy atom. The molecule has 2 rings (SSSR count). The molecular formula is C8H9N5O. The van der Waals surface area contributed by atoms with Crippen LogP contribution in [-0.2, 0) is 7.05 Å². The Kier molecular flexibility index (Phi) is 1.81. The standard InChI is InChI=1S/C8H9N5O/c1-13-8-6(4-11-13)2-5(3-10-8)7(9)12-14/h2-4,14H,1H3,(H2,9,12). The second kappa shape index (κ2) is 2.99. The van der Waals surface area contributed by atoms with E-state index >= 15 is 0 Å². The molecule has 0 bridgehead atoms. The molecule has 72 valence electrons. The van der Waals surface area contributed by atoms with Crippen molar-refractivity contribution in [1.29, 1.82) is 0 Å². The SMILES string of the molecule is Cn1ncc2cc(/C(N)=N\O)cnc21. The number of amidine groups is 1. The second-order valence-electron chi connectivity index (χ2n) is 2.89. The van der Waals surface area contributed by atoms with Crippen LogP contribution in [0.2, 0.25) is 0 Å². The van der Waals surface area contributed by atoms with Crippen molar-refractivity contribution >= 4 is 16.9 Å². The Labute approximate surface area is 79.7 Å². The molecule has 3 N–H and O–H groups in total. The average Bonchev–Trinajstić information content (AvgIpc) is 2.59. The van der Waals surface area contributed by atoms with Gasteiger partial charge in [-0.05, 0) is 6.07 Å². The average molecular weight is 191 g/mol. The van der Waals surface area contributed by atoms with E-state index in [0.29, 0.717) is 5.56 Å². The molecule has 0 unspecified atom stereocenters. The number of oxime groups is 1. The first kappa shape index (κ1) is 8.49. The highest BCUT2D eigenvalue weighted by atomic mass is 16.4. The molecule has 0 aliphatic rings. The summed E-state index contributed by atoms with van der Waals surface area (Å²) in [5.74, 6) is 0.0447. The molecule has 2 aromatic rings. The van der Waals surface area contributed by atoms with Gasteiger partial charge < -0.3 is 10.9 Å². The molecule has 0 radical (unpaired) electrons. The van der Waals surface area contributed by atoms with Gasteiger partial charge in [0.05, 0.1) is 6.20 Å². The van der Waals surface area contributed by atoms with E-state index in [-0.39, 0.29) is 5.84 Å². The molecule has 0 atom stereocenters. The van der Waals surface area contributed by atoms with E-state index in [2.05, 4.69) is 15.2 Å². The van der Waals surface area contributed by atoms with Gasteiger partial charge in [0.25, 0.3) is 0 Å². The molecule has 0 saturated heterocycles. The molecule has 2 heterocycles. The molecule has 6 nitrogen and oxygen atoms in total. The number of aromatic nitrogens is 3. The zero-order valence-electron chi connectivity index (χ0n) is 7.55. The molecule has 0 aliphatic carbocycles. The van der Waals surface area contributed by atoms with Gasteiger partial charge in [0.1, 0.15) is 0 Å². The summed E-state index contributed by atoms with van der Waals surface area (Å²) >= 11 is 0. The first-order valence-electron chi connectivity index (χ1n) is 3.98. The normalized spacial score (nSPS) is 12.2. The third-order valence-electron chi connectivity index (χ3n) is 1.98. The van der Waals surface area contributed by atoms with Crippen LogP contribution in [-0.4, -0.2) is 25.8 Å². The van der Waals surface area contributed by atoms with Gasteiger partial charge in [-0.1, -0.05) is 5.16 Å². The smallest absolute Gasteiger partial charge is 0.171 e. The summed E-state index contributed by atoms with van der Waals surface area (Å²) in [4.78, 5) is 4.14. The van der Waals surface area contributed by atoms with E-state index in [1.807, 2.05) is 0 Å². The molecule has 6 heteroatoms. The Bertz CT molecular complexity index is 501. The summed E-state index contributed by atoms with van der Waals surface area (Å²) in [6, 6.07) is 1.77. The number of nitrogens with two attached hydrogens (primary N) is 1. The monoisotopic (exact) mass is 191 g/mol. The first-order chi connectivity index (χ1) is 6.72. The van der Waals surface area contributed by atoms with Crippen LogP contribution >= 0.6 is 0 Å². The molecule has 0 fully saturated rings.